The molecule has 0 unspecified atom stereocenters. The fourth-order valence-electron chi connectivity index (χ4n) is 16.9. The molecule has 3 aromatic heterocycles. The van der Waals surface area contributed by atoms with E-state index in [9.17, 15) is 0 Å². The van der Waals surface area contributed by atoms with Crippen molar-refractivity contribution in [2.24, 2.45) is 0 Å². The van der Waals surface area contributed by atoms with E-state index in [1.54, 1.807) is 0 Å². The highest BCUT2D eigenvalue weighted by Gasteiger charge is 2.50. The van der Waals surface area contributed by atoms with Gasteiger partial charge in [0, 0.05) is 68.1 Å². The average molecular weight is 1300 g/mol. The molecule has 0 atom stereocenters. The zero-order chi connectivity index (χ0) is 66.5. The molecule has 0 spiro atoms. The fourth-order valence-corrected chi connectivity index (χ4v) is 16.9. The standard InChI is InChI=1S/C88H56B2N6O5/c1-88(2,3)54-42-43-91-80(48-54)96-64-29-11-10-26-62(64)63-41-40-59(50-69(63)96)97-58-25-14-24-57(49-58)92-51-93(66-31-13-12-30-65(66)92)87-60(52-44-70-83-78(46-52)100-76-38-18-36-74-85(76)89(83)81-67(32-16-34-72(81)98-74)94(70)55-20-6-4-7-21-55)27-15-28-61(87)53-45-71-84-79(47-53)101-77-39-19-37-75-86(77)90(84)82-68(33-17-35-73(82)99-75)95(71)56-22-8-5-9-23-56/h4-50H,1-3H3. The van der Waals surface area contributed by atoms with Crippen LogP contribution in [0, 0.1) is 6.33 Å². The summed E-state index contributed by atoms with van der Waals surface area (Å²) in [6.07, 6.45) is 5.95. The first kappa shape index (κ1) is 56.1. The maximum atomic E-state index is 7.28. The molecule has 0 aliphatic carbocycles. The number of benzene rings is 13. The monoisotopic (exact) mass is 1300 g/mol. The van der Waals surface area contributed by atoms with Crippen LogP contribution in [-0.4, -0.2) is 27.5 Å². The largest absolute Gasteiger partial charge is 0.458 e. The Morgan fingerprint density at radius 1 is 0.386 bits per heavy atom. The number of rotatable bonds is 9. The molecule has 0 saturated carbocycles. The van der Waals surface area contributed by atoms with Gasteiger partial charge in [-0.05, 0) is 201 Å². The second-order valence-electron chi connectivity index (χ2n) is 27.9. The van der Waals surface area contributed by atoms with Crippen molar-refractivity contribution < 1.29 is 28.3 Å². The number of nitrogens with zero attached hydrogens (tertiary/aromatic N) is 6. The summed E-state index contributed by atoms with van der Waals surface area (Å²) in [4.78, 5) is 9.75. The predicted molar refractivity (Wildman–Crippen MR) is 404 cm³/mol. The van der Waals surface area contributed by atoms with Gasteiger partial charge in [0.1, 0.15) is 63.3 Å². The molecule has 16 aromatic rings. The van der Waals surface area contributed by atoms with Gasteiger partial charge in [0.2, 0.25) is 0 Å². The van der Waals surface area contributed by atoms with Crippen LogP contribution in [0.2, 0.25) is 0 Å². The third-order valence-corrected chi connectivity index (χ3v) is 21.2. The van der Waals surface area contributed by atoms with Crippen molar-refractivity contribution in [3.8, 4) is 96.9 Å². The number of aromatic nitrogens is 4. The lowest BCUT2D eigenvalue weighted by Gasteiger charge is -2.43. The van der Waals surface area contributed by atoms with Gasteiger partial charge in [-0.3, -0.25) is 13.7 Å². The first-order chi connectivity index (χ1) is 49.7. The van der Waals surface area contributed by atoms with E-state index in [0.29, 0.717) is 11.5 Å². The van der Waals surface area contributed by atoms with Crippen LogP contribution in [-0.2, 0) is 5.41 Å². The highest BCUT2D eigenvalue weighted by molar-refractivity contribution is 7.01. The lowest BCUT2D eigenvalue weighted by atomic mass is 9.33. The number of imidazole rings is 1. The minimum absolute atomic E-state index is 0.0635. The molecule has 0 fully saturated rings. The number of pyridine rings is 1. The van der Waals surface area contributed by atoms with Gasteiger partial charge in [0.25, 0.3) is 19.8 Å². The van der Waals surface area contributed by atoms with Crippen molar-refractivity contribution >= 4 is 113 Å². The van der Waals surface area contributed by atoms with Crippen LogP contribution in [0.3, 0.4) is 0 Å². The molecule has 6 aliphatic heterocycles. The minimum Gasteiger partial charge on any atom is -0.458 e. The molecular formula is C88H56B2N6O5. The normalized spacial score (nSPS) is 13.5. The topological polar surface area (TPSA) is 79.3 Å². The predicted octanol–water partition coefficient (Wildman–Crippen LogP) is 17.6. The molecule has 6 aliphatic rings. The van der Waals surface area contributed by atoms with E-state index in [0.717, 1.165) is 185 Å². The first-order valence-electron chi connectivity index (χ1n) is 34.4. The number of fused-ring (bicyclic) bond motifs is 4. The summed E-state index contributed by atoms with van der Waals surface area (Å²) < 4.78 is 41.8. The molecule has 0 N–H and O–H groups in total. The number of hydrogen-bond acceptors (Lipinski definition) is 8. The van der Waals surface area contributed by atoms with E-state index in [1.807, 2.05) is 24.4 Å². The Labute approximate surface area is 582 Å². The zero-order valence-corrected chi connectivity index (χ0v) is 55.0. The molecule has 0 radical (unpaired) electrons. The summed E-state index contributed by atoms with van der Waals surface area (Å²) in [5, 5.41) is 2.27. The Morgan fingerprint density at radius 2 is 0.871 bits per heavy atom. The van der Waals surface area contributed by atoms with Gasteiger partial charge in [0.15, 0.2) is 0 Å². The number of hydrogen-bond donors (Lipinski definition) is 0. The molecule has 9 heterocycles. The Morgan fingerprint density at radius 3 is 1.48 bits per heavy atom. The van der Waals surface area contributed by atoms with Gasteiger partial charge in [-0.25, -0.2) is 4.98 Å². The van der Waals surface area contributed by atoms with E-state index < -0.39 is 0 Å². The molecule has 101 heavy (non-hydrogen) atoms. The third kappa shape index (κ3) is 8.14. The summed E-state index contributed by atoms with van der Waals surface area (Å²) in [6.45, 7) is 6.44. The van der Waals surface area contributed by atoms with Gasteiger partial charge in [-0.2, -0.15) is 0 Å². The molecule has 0 amide bonds. The minimum atomic E-state index is -0.138. The summed E-state index contributed by atoms with van der Waals surface area (Å²) in [5.74, 6) is 8.66. The lowest BCUT2D eigenvalue weighted by molar-refractivity contribution is -0.571. The molecule has 474 valence electrons. The van der Waals surface area contributed by atoms with Gasteiger partial charge in [-0.1, -0.05) is 148 Å². The molecule has 0 saturated heterocycles. The second-order valence-corrected chi connectivity index (χ2v) is 27.9. The van der Waals surface area contributed by atoms with Gasteiger partial charge >= 0.3 is 0 Å². The smallest absolute Gasteiger partial charge is 0.269 e. The maximum Gasteiger partial charge on any atom is 0.269 e. The summed E-state index contributed by atoms with van der Waals surface area (Å²) in [6, 6.07) is 98.6. The average Bonchev–Trinajstić information content (AvgIpc) is 1.16. The first-order valence-corrected chi connectivity index (χ1v) is 34.4. The number of anilines is 6. The Hall–Kier alpha value is -13.0. The summed E-state index contributed by atoms with van der Waals surface area (Å²) in [7, 11) is 0. The Bertz CT molecular complexity index is 6070. The van der Waals surface area contributed by atoms with E-state index >= 15 is 0 Å². The molecule has 13 aromatic carbocycles. The van der Waals surface area contributed by atoms with E-state index in [2.05, 4.69) is 311 Å². The molecular weight excluding hydrogens is 1240 g/mol. The fraction of sp³-hybridized carbons (Fsp3) is 0.0455. The molecule has 22 rings (SSSR count). The SMILES string of the molecule is CC(C)(C)c1ccnc(-n2c3ccccc3c3ccc(Oc4cccc(-n5[c-][n+](-c6c(-c7cc8c9c(c7)N(c7ccccc7)c7cccc%10c7B9c7c(cccc7O8)O%10)cccc6-c6cc7c8c(c6)N(c6ccccc6)c6cccc9c6B8c6c(cccc6O7)O9)c6ccccc65)c4)cc32)c1. The van der Waals surface area contributed by atoms with Crippen LogP contribution in [0.5, 0.6) is 57.5 Å². The van der Waals surface area contributed by atoms with Crippen LogP contribution in [0.15, 0.2) is 285 Å². The molecule has 13 heteroatoms. The van der Waals surface area contributed by atoms with Crippen molar-refractivity contribution in [1.82, 2.24) is 14.1 Å². The zero-order valence-electron chi connectivity index (χ0n) is 55.0. The van der Waals surface area contributed by atoms with Crippen molar-refractivity contribution in [2.45, 2.75) is 26.2 Å². The summed E-state index contributed by atoms with van der Waals surface area (Å²) >= 11 is 0. The van der Waals surface area contributed by atoms with Crippen LogP contribution < -0.4 is 70.8 Å². The van der Waals surface area contributed by atoms with Gasteiger partial charge < -0.3 is 33.5 Å². The van der Waals surface area contributed by atoms with Gasteiger partial charge in [0.05, 0.1) is 33.4 Å². The number of para-hydroxylation sites is 6. The number of ether oxygens (including phenoxy) is 5. The van der Waals surface area contributed by atoms with E-state index in [-0.39, 0.29) is 18.8 Å². The van der Waals surface area contributed by atoms with Crippen molar-refractivity contribution in [3.05, 3.63) is 297 Å². The van der Waals surface area contributed by atoms with Crippen LogP contribution in [0.4, 0.5) is 34.1 Å². The van der Waals surface area contributed by atoms with Crippen molar-refractivity contribution in [2.75, 3.05) is 9.80 Å². The van der Waals surface area contributed by atoms with Gasteiger partial charge in [-0.15, -0.1) is 0 Å². The van der Waals surface area contributed by atoms with Crippen molar-refractivity contribution in [1.29, 1.82) is 0 Å². The summed E-state index contributed by atoms with van der Waals surface area (Å²) in [5.41, 5.74) is 23.4. The van der Waals surface area contributed by atoms with Crippen LogP contribution >= 0.6 is 0 Å². The van der Waals surface area contributed by atoms with Crippen LogP contribution in [0.1, 0.15) is 26.3 Å². The Balaban J connectivity index is 0.760. The lowest BCUT2D eigenvalue weighted by Crippen LogP contribution is -2.61. The molecule has 11 nitrogen and oxygen atoms in total. The molecule has 0 bridgehead atoms. The highest BCUT2D eigenvalue weighted by atomic mass is 16.5. The maximum absolute atomic E-state index is 7.28. The Kier molecular flexibility index (Phi) is 11.5. The highest BCUT2D eigenvalue weighted by Crippen LogP contribution is 2.51. The third-order valence-electron chi connectivity index (χ3n) is 21.2. The van der Waals surface area contributed by atoms with Crippen LogP contribution in [0.25, 0.3) is 72.3 Å². The second kappa shape index (κ2) is 20.8. The van der Waals surface area contributed by atoms with E-state index in [1.165, 1.54) is 5.56 Å². The quantitative estimate of drug-likeness (QED) is 0.0803. The van der Waals surface area contributed by atoms with Crippen molar-refractivity contribution in [3.63, 3.8) is 0 Å². The van der Waals surface area contributed by atoms with E-state index in [4.69, 9.17) is 28.7 Å².